The summed E-state index contributed by atoms with van der Waals surface area (Å²) in [4.78, 5) is 0. The van der Waals surface area contributed by atoms with Gasteiger partial charge in [0.1, 0.15) is 5.69 Å². The van der Waals surface area contributed by atoms with Crippen molar-refractivity contribution in [2.24, 2.45) is 5.10 Å². The van der Waals surface area contributed by atoms with Crippen LogP contribution in [0, 0.1) is 22.3 Å². The molecule has 2 atom stereocenters. The average Bonchev–Trinajstić information content (AvgIpc) is 2.73. The van der Waals surface area contributed by atoms with Gasteiger partial charge in [0, 0.05) is 17.2 Å². The molecule has 2 aromatic carbocycles. The van der Waals surface area contributed by atoms with Gasteiger partial charge in [-0.2, -0.15) is 15.6 Å². The number of hydrogen-bond acceptors (Lipinski definition) is 6. The van der Waals surface area contributed by atoms with Crippen LogP contribution in [-0.2, 0) is 0 Å². The fraction of sp³-hybridized carbons (Fsp3) is 0.190. The molecule has 2 aromatic rings. The van der Waals surface area contributed by atoms with Crippen molar-refractivity contribution in [1.29, 1.82) is 0 Å². The molecule has 150 valence electrons. The third-order valence-electron chi connectivity index (χ3n) is 4.54. The van der Waals surface area contributed by atoms with E-state index in [2.05, 4.69) is 22.4 Å². The molecule has 29 heavy (non-hydrogen) atoms. The van der Waals surface area contributed by atoms with Gasteiger partial charge >= 0.3 is 0 Å². The van der Waals surface area contributed by atoms with Gasteiger partial charge in [0.2, 0.25) is 0 Å². The van der Waals surface area contributed by atoms with Crippen LogP contribution in [0.15, 0.2) is 64.8 Å². The summed E-state index contributed by atoms with van der Waals surface area (Å²) in [6, 6.07) is 13.6. The standard InChI is InChI=1S/C21H22N4O4/c26-24(27)19-12-13-20(21(14-19)25(28)29)23-22-15-18-9-5-4-8-17(18)11-10-16-6-2-1-3-7-16/h1-3,6-7,12-15,23-26,28H,4-5,8-9H2. The van der Waals surface area contributed by atoms with Crippen LogP contribution < -0.4 is 15.9 Å². The maximum absolute atomic E-state index is 11.4. The van der Waals surface area contributed by atoms with Gasteiger partial charge in [-0.05, 0) is 49.5 Å². The molecule has 0 bridgehead atoms. The molecule has 0 aliphatic heterocycles. The van der Waals surface area contributed by atoms with Crippen molar-refractivity contribution in [1.82, 2.24) is 0 Å². The van der Waals surface area contributed by atoms with Crippen molar-refractivity contribution >= 4 is 23.3 Å². The number of rotatable bonds is 5. The van der Waals surface area contributed by atoms with Gasteiger partial charge in [-0.1, -0.05) is 30.0 Å². The van der Waals surface area contributed by atoms with Crippen LogP contribution in [0.5, 0.6) is 0 Å². The van der Waals surface area contributed by atoms with Crippen LogP contribution in [0.25, 0.3) is 0 Å². The van der Waals surface area contributed by atoms with Gasteiger partial charge in [-0.3, -0.25) is 5.43 Å². The van der Waals surface area contributed by atoms with Gasteiger partial charge < -0.3 is 10.4 Å². The second-order valence-electron chi connectivity index (χ2n) is 6.57. The molecule has 3 rings (SSSR count). The molecule has 0 heterocycles. The number of anilines is 1. The zero-order valence-electron chi connectivity index (χ0n) is 15.7. The SMILES string of the molecule is [O-][NH+](O)c1ccc(NN=CC2=C(C#Cc3ccccc3)CCCC2)c([NH+]([O-])O)c1. The van der Waals surface area contributed by atoms with E-state index in [9.17, 15) is 15.6 Å². The summed E-state index contributed by atoms with van der Waals surface area (Å²) in [5.41, 5.74) is 5.70. The van der Waals surface area contributed by atoms with Crippen molar-refractivity contribution in [3.8, 4) is 11.8 Å². The summed E-state index contributed by atoms with van der Waals surface area (Å²) >= 11 is 0. The molecule has 0 saturated heterocycles. The highest BCUT2D eigenvalue weighted by molar-refractivity contribution is 5.82. The van der Waals surface area contributed by atoms with E-state index in [1.165, 1.54) is 12.1 Å². The Morgan fingerprint density at radius 2 is 1.72 bits per heavy atom. The summed E-state index contributed by atoms with van der Waals surface area (Å²) < 4.78 is 0. The lowest BCUT2D eigenvalue weighted by Crippen LogP contribution is -3.00. The van der Waals surface area contributed by atoms with Crippen LogP contribution in [-0.4, -0.2) is 16.6 Å². The van der Waals surface area contributed by atoms with E-state index in [1.807, 2.05) is 30.3 Å². The zero-order chi connectivity index (χ0) is 20.6. The maximum Gasteiger partial charge on any atom is 0.195 e. The summed E-state index contributed by atoms with van der Waals surface area (Å²) in [5, 5.41) is 42.6. The van der Waals surface area contributed by atoms with Gasteiger partial charge in [-0.25, -0.2) is 10.4 Å². The largest absolute Gasteiger partial charge is 0.595 e. The van der Waals surface area contributed by atoms with E-state index in [1.54, 1.807) is 6.21 Å². The zero-order valence-corrected chi connectivity index (χ0v) is 15.7. The molecule has 8 nitrogen and oxygen atoms in total. The number of nitrogens with one attached hydrogen (secondary N) is 3. The smallest absolute Gasteiger partial charge is 0.195 e. The lowest BCUT2D eigenvalue weighted by atomic mass is 9.92. The van der Waals surface area contributed by atoms with E-state index in [-0.39, 0.29) is 17.1 Å². The summed E-state index contributed by atoms with van der Waals surface area (Å²) in [5.74, 6) is 6.41. The molecule has 0 fully saturated rings. The minimum Gasteiger partial charge on any atom is -0.595 e. The lowest BCUT2D eigenvalue weighted by Gasteiger charge is -2.18. The van der Waals surface area contributed by atoms with Crippen LogP contribution in [0.2, 0.25) is 0 Å². The molecule has 0 spiro atoms. The first-order chi connectivity index (χ1) is 14.0. The first-order valence-corrected chi connectivity index (χ1v) is 9.23. The highest BCUT2D eigenvalue weighted by Crippen LogP contribution is 2.24. The lowest BCUT2D eigenvalue weighted by molar-refractivity contribution is -0.996. The highest BCUT2D eigenvalue weighted by atomic mass is 16.8. The minimum atomic E-state index is -1.22. The van der Waals surface area contributed by atoms with Crippen LogP contribution in [0.4, 0.5) is 17.1 Å². The Morgan fingerprint density at radius 3 is 2.45 bits per heavy atom. The fourth-order valence-electron chi connectivity index (χ4n) is 3.01. The quantitative estimate of drug-likeness (QED) is 0.301. The predicted octanol–water partition coefficient (Wildman–Crippen LogP) is 1.81. The van der Waals surface area contributed by atoms with E-state index >= 15 is 0 Å². The summed E-state index contributed by atoms with van der Waals surface area (Å²) in [6.45, 7) is 0. The topological polar surface area (TPSA) is 120 Å². The molecule has 1 aliphatic rings. The number of hydrogen-bond donors (Lipinski definition) is 5. The number of hydrazone groups is 1. The van der Waals surface area contributed by atoms with Gasteiger partial charge in [-0.15, -0.1) is 0 Å². The highest BCUT2D eigenvalue weighted by Gasteiger charge is 2.14. The molecule has 0 amide bonds. The van der Waals surface area contributed by atoms with Crippen molar-refractivity contribution in [3.63, 3.8) is 0 Å². The van der Waals surface area contributed by atoms with Crippen LogP contribution >= 0.6 is 0 Å². The monoisotopic (exact) mass is 394 g/mol. The van der Waals surface area contributed by atoms with Crippen molar-refractivity contribution in [2.45, 2.75) is 25.7 Å². The first kappa shape index (κ1) is 20.7. The van der Waals surface area contributed by atoms with Gasteiger partial charge in [0.05, 0.1) is 12.3 Å². The summed E-state index contributed by atoms with van der Waals surface area (Å²) in [6.07, 6.45) is 5.53. The number of allylic oxidation sites excluding steroid dienone is 2. The Bertz CT molecular complexity index is 960. The average molecular weight is 394 g/mol. The Labute approximate surface area is 168 Å². The van der Waals surface area contributed by atoms with Gasteiger partial charge in [0.15, 0.2) is 11.4 Å². The van der Waals surface area contributed by atoms with Gasteiger partial charge in [0.25, 0.3) is 0 Å². The Hall–Kier alpha value is -3.03. The van der Waals surface area contributed by atoms with E-state index in [0.717, 1.165) is 48.5 Å². The van der Waals surface area contributed by atoms with Crippen molar-refractivity contribution in [2.75, 3.05) is 5.43 Å². The number of nitrogens with zero attached hydrogens (tertiary/aromatic N) is 1. The first-order valence-electron chi connectivity index (χ1n) is 9.23. The van der Waals surface area contributed by atoms with E-state index < -0.39 is 10.5 Å². The predicted molar refractivity (Wildman–Crippen MR) is 109 cm³/mol. The summed E-state index contributed by atoms with van der Waals surface area (Å²) in [7, 11) is 0. The number of benzene rings is 2. The van der Waals surface area contributed by atoms with Crippen molar-refractivity contribution < 1.29 is 20.9 Å². The Morgan fingerprint density at radius 1 is 0.966 bits per heavy atom. The Balaban J connectivity index is 1.79. The van der Waals surface area contributed by atoms with Crippen molar-refractivity contribution in [3.05, 3.63) is 75.7 Å². The fourth-order valence-corrected chi connectivity index (χ4v) is 3.01. The minimum absolute atomic E-state index is 0.0922. The third kappa shape index (κ3) is 5.73. The molecule has 1 aliphatic carbocycles. The van der Waals surface area contributed by atoms with E-state index in [0.29, 0.717) is 0 Å². The normalized spacial score (nSPS) is 16.3. The van der Waals surface area contributed by atoms with E-state index in [4.69, 9.17) is 5.21 Å². The molecule has 2 unspecified atom stereocenters. The maximum atomic E-state index is 11.4. The molecule has 8 heteroatoms. The molecule has 5 N–H and O–H groups in total. The molecular weight excluding hydrogens is 372 g/mol. The third-order valence-corrected chi connectivity index (χ3v) is 4.54. The Kier molecular flexibility index (Phi) is 7.10. The van der Waals surface area contributed by atoms with Crippen LogP contribution in [0.1, 0.15) is 31.2 Å². The van der Waals surface area contributed by atoms with Crippen LogP contribution in [0.3, 0.4) is 0 Å². The molecule has 0 saturated carbocycles. The molecular formula is C21H22N4O4. The molecule has 0 radical (unpaired) electrons. The number of quaternary nitrogens is 2. The second kappa shape index (κ2) is 9.95. The second-order valence-corrected chi connectivity index (χ2v) is 6.57. The molecule has 0 aromatic heterocycles.